The van der Waals surface area contributed by atoms with E-state index in [4.69, 9.17) is 16.3 Å². The highest BCUT2D eigenvalue weighted by Crippen LogP contribution is 2.41. The number of aromatic nitrogens is 2. The molecule has 188 valence electrons. The van der Waals surface area contributed by atoms with Gasteiger partial charge in [-0.15, -0.1) is 0 Å². The fourth-order valence-corrected chi connectivity index (χ4v) is 5.82. The largest absolute Gasteiger partial charge is 0.365 e. The van der Waals surface area contributed by atoms with Crippen LogP contribution < -0.4 is 15.5 Å². The van der Waals surface area contributed by atoms with Crippen molar-refractivity contribution in [2.45, 2.75) is 69.7 Å². The van der Waals surface area contributed by atoms with Crippen LogP contribution in [-0.4, -0.2) is 74.9 Å². The average Bonchev–Trinajstić information content (AvgIpc) is 3.13. The standard InChI is InChI=1S/C21H32ClN6O5P/c22-21-25-19(24-14-3-1-2-4-14)18-20(26-21)28(12-23-18)17-8-7-15(33-17)10-27(9-13-5-6-13)16(29)11-34(30,31)32/h13-15,17,23H,1-12H2,(H,24,25,26)(H2,30,31,32). The van der Waals surface area contributed by atoms with Crippen LogP contribution in [0.3, 0.4) is 0 Å². The van der Waals surface area contributed by atoms with Gasteiger partial charge >= 0.3 is 7.60 Å². The molecule has 4 aliphatic rings. The summed E-state index contributed by atoms with van der Waals surface area (Å²) in [5, 5.41) is 7.07. The summed E-state index contributed by atoms with van der Waals surface area (Å²) in [7, 11) is -4.41. The first-order valence-corrected chi connectivity index (χ1v) is 14.2. The number of nitrogens with zero attached hydrogens (tertiary/aromatic N) is 4. The highest BCUT2D eigenvalue weighted by molar-refractivity contribution is 7.52. The predicted molar refractivity (Wildman–Crippen MR) is 128 cm³/mol. The number of carbonyl (C=O) groups excluding carboxylic acids is 1. The number of rotatable bonds is 9. The minimum absolute atomic E-state index is 0.182. The Labute approximate surface area is 203 Å². The molecule has 2 unspecified atom stereocenters. The van der Waals surface area contributed by atoms with Gasteiger partial charge in [0.2, 0.25) is 11.2 Å². The topological polar surface area (TPSA) is 140 Å². The van der Waals surface area contributed by atoms with E-state index in [1.807, 2.05) is 4.90 Å². The van der Waals surface area contributed by atoms with Gasteiger partial charge in [-0.05, 0) is 56.0 Å². The predicted octanol–water partition coefficient (Wildman–Crippen LogP) is 2.60. The molecule has 5 rings (SSSR count). The monoisotopic (exact) mass is 514 g/mol. The van der Waals surface area contributed by atoms with Crippen LogP contribution in [0.4, 0.5) is 17.3 Å². The van der Waals surface area contributed by atoms with Crippen molar-refractivity contribution in [3.63, 3.8) is 0 Å². The molecule has 1 aromatic heterocycles. The molecule has 1 aromatic rings. The zero-order chi connectivity index (χ0) is 23.9. The van der Waals surface area contributed by atoms with Crippen LogP contribution in [0.2, 0.25) is 5.28 Å². The lowest BCUT2D eigenvalue weighted by molar-refractivity contribution is -0.130. The van der Waals surface area contributed by atoms with E-state index in [0.29, 0.717) is 37.5 Å². The number of halogens is 1. The normalized spacial score (nSPS) is 24.9. The van der Waals surface area contributed by atoms with Gasteiger partial charge in [0.15, 0.2) is 11.6 Å². The number of anilines is 3. The lowest BCUT2D eigenvalue weighted by Crippen LogP contribution is -2.42. The molecule has 1 amide bonds. The van der Waals surface area contributed by atoms with Crippen molar-refractivity contribution in [3.05, 3.63) is 5.28 Å². The zero-order valence-corrected chi connectivity index (χ0v) is 20.7. The van der Waals surface area contributed by atoms with Gasteiger partial charge in [0, 0.05) is 19.1 Å². The van der Waals surface area contributed by atoms with Crippen molar-refractivity contribution in [1.29, 1.82) is 0 Å². The molecule has 3 heterocycles. The maximum atomic E-state index is 12.5. The van der Waals surface area contributed by atoms with Crippen LogP contribution in [0.5, 0.6) is 0 Å². The number of carbonyl (C=O) groups is 1. The van der Waals surface area contributed by atoms with Gasteiger partial charge in [-0.3, -0.25) is 9.36 Å². The minimum atomic E-state index is -4.41. The Balaban J connectivity index is 1.24. The fourth-order valence-electron chi connectivity index (χ4n) is 5.10. The van der Waals surface area contributed by atoms with Crippen LogP contribution in [0.1, 0.15) is 51.4 Å². The van der Waals surface area contributed by atoms with Gasteiger partial charge < -0.3 is 35.0 Å². The Kier molecular flexibility index (Phi) is 6.92. The van der Waals surface area contributed by atoms with Gasteiger partial charge in [0.25, 0.3) is 0 Å². The molecule has 1 saturated heterocycles. The average molecular weight is 515 g/mol. The first-order chi connectivity index (χ1) is 16.2. The summed E-state index contributed by atoms with van der Waals surface area (Å²) in [6.45, 7) is 1.37. The quantitative estimate of drug-likeness (QED) is 0.287. The van der Waals surface area contributed by atoms with Crippen molar-refractivity contribution in [1.82, 2.24) is 14.9 Å². The summed E-state index contributed by atoms with van der Waals surface area (Å²) in [5.74, 6) is 1.33. The third-order valence-electron chi connectivity index (χ3n) is 6.98. The Morgan fingerprint density at radius 2 is 1.94 bits per heavy atom. The lowest BCUT2D eigenvalue weighted by atomic mass is 10.2. The van der Waals surface area contributed by atoms with Crippen LogP contribution in [0.15, 0.2) is 0 Å². The van der Waals surface area contributed by atoms with Crippen LogP contribution >= 0.6 is 19.2 Å². The molecule has 4 N–H and O–H groups in total. The van der Waals surface area contributed by atoms with E-state index >= 15 is 0 Å². The SMILES string of the molecule is O=C(CP(=O)(O)O)N(CC1CC1)CC1CCC(N2CNc3c(NC4CCCC4)nc(Cl)nc32)O1. The summed E-state index contributed by atoms with van der Waals surface area (Å²) < 4.78 is 17.7. The molecule has 3 fully saturated rings. The molecule has 0 bridgehead atoms. The molecule has 0 spiro atoms. The summed E-state index contributed by atoms with van der Waals surface area (Å²) in [6, 6.07) is 0.390. The molecule has 34 heavy (non-hydrogen) atoms. The maximum absolute atomic E-state index is 12.5. The van der Waals surface area contributed by atoms with E-state index in [1.54, 1.807) is 4.90 Å². The Hall–Kier alpha value is -1.65. The molecule has 0 radical (unpaired) electrons. The third-order valence-corrected chi connectivity index (χ3v) is 7.83. The van der Waals surface area contributed by atoms with Crippen molar-refractivity contribution in [3.8, 4) is 0 Å². The zero-order valence-electron chi connectivity index (χ0n) is 19.0. The van der Waals surface area contributed by atoms with Crippen molar-refractivity contribution < 1.29 is 23.9 Å². The van der Waals surface area contributed by atoms with E-state index in [9.17, 15) is 19.1 Å². The fraction of sp³-hybridized carbons (Fsp3) is 0.762. The van der Waals surface area contributed by atoms with E-state index in [-0.39, 0.29) is 17.6 Å². The number of amides is 1. The van der Waals surface area contributed by atoms with Gasteiger partial charge in [0.1, 0.15) is 18.1 Å². The van der Waals surface area contributed by atoms with E-state index < -0.39 is 19.7 Å². The van der Waals surface area contributed by atoms with Crippen LogP contribution in [-0.2, 0) is 14.1 Å². The second kappa shape index (κ2) is 9.78. The summed E-state index contributed by atoms with van der Waals surface area (Å²) >= 11 is 6.26. The molecule has 13 heteroatoms. The molecule has 2 aliphatic heterocycles. The van der Waals surface area contributed by atoms with Crippen LogP contribution in [0, 0.1) is 5.92 Å². The third kappa shape index (κ3) is 5.76. The number of ether oxygens (including phenoxy) is 1. The first kappa shape index (κ1) is 24.1. The molecule has 0 aromatic carbocycles. The number of fused-ring (bicyclic) bond motifs is 1. The van der Waals surface area contributed by atoms with Gasteiger partial charge in [-0.1, -0.05) is 12.8 Å². The summed E-state index contributed by atoms with van der Waals surface area (Å²) in [5.41, 5.74) is 0.829. The second-order valence-electron chi connectivity index (χ2n) is 9.83. The second-order valence-corrected chi connectivity index (χ2v) is 11.8. The molecule has 2 atom stereocenters. The van der Waals surface area contributed by atoms with Crippen molar-refractivity contribution >= 4 is 42.4 Å². The Morgan fingerprint density at radius 1 is 1.18 bits per heavy atom. The van der Waals surface area contributed by atoms with Crippen LogP contribution in [0.25, 0.3) is 0 Å². The van der Waals surface area contributed by atoms with E-state index in [1.165, 1.54) is 12.8 Å². The van der Waals surface area contributed by atoms with Crippen molar-refractivity contribution in [2.75, 3.05) is 41.5 Å². The first-order valence-electron chi connectivity index (χ1n) is 12.1. The van der Waals surface area contributed by atoms with Gasteiger partial charge in [-0.25, -0.2) is 0 Å². The minimum Gasteiger partial charge on any atom is -0.365 e. The molecular formula is C21H32ClN6O5P. The number of hydrogen-bond donors (Lipinski definition) is 4. The Morgan fingerprint density at radius 3 is 2.65 bits per heavy atom. The van der Waals surface area contributed by atoms with E-state index in [0.717, 1.165) is 50.0 Å². The smallest absolute Gasteiger partial charge is 0.334 e. The summed E-state index contributed by atoms with van der Waals surface area (Å²) in [4.78, 5) is 43.5. The number of hydrogen-bond acceptors (Lipinski definition) is 8. The molecular weight excluding hydrogens is 483 g/mol. The van der Waals surface area contributed by atoms with Gasteiger partial charge in [-0.2, -0.15) is 9.97 Å². The summed E-state index contributed by atoms with van der Waals surface area (Å²) in [6.07, 6.45) is 7.04. The lowest BCUT2D eigenvalue weighted by Gasteiger charge is -2.28. The highest BCUT2D eigenvalue weighted by Gasteiger charge is 2.38. The molecule has 2 aliphatic carbocycles. The highest BCUT2D eigenvalue weighted by atomic mass is 35.5. The van der Waals surface area contributed by atoms with Crippen molar-refractivity contribution in [2.24, 2.45) is 5.92 Å². The maximum Gasteiger partial charge on any atom is 0.334 e. The molecule has 2 saturated carbocycles. The molecule has 11 nitrogen and oxygen atoms in total. The van der Waals surface area contributed by atoms with E-state index in [2.05, 4.69) is 20.6 Å². The Bertz CT molecular complexity index is 969. The van der Waals surface area contributed by atoms with Gasteiger partial charge in [0.05, 0.1) is 12.8 Å². The number of nitrogens with one attached hydrogen (secondary N) is 2.